The number of pyridine rings is 1. The second-order valence-corrected chi connectivity index (χ2v) is 2.62. The Morgan fingerprint density at radius 2 is 2.13 bits per heavy atom. The molecule has 4 nitrogen and oxygen atoms in total. The fourth-order valence-corrected chi connectivity index (χ4v) is 1.06. The normalized spacial score (nSPS) is 8.87. The molecule has 0 aliphatic rings. The van der Waals surface area contributed by atoms with Crippen molar-refractivity contribution in [3.63, 3.8) is 0 Å². The molecule has 0 bridgehead atoms. The third kappa shape index (κ3) is 3.20. The maximum absolute atomic E-state index is 5.39. The van der Waals surface area contributed by atoms with Crippen molar-refractivity contribution in [2.24, 2.45) is 5.73 Å². The predicted molar refractivity (Wildman–Crippen MR) is 62.1 cm³/mol. The van der Waals surface area contributed by atoms with Crippen LogP contribution in [-0.4, -0.2) is 10.1 Å². The summed E-state index contributed by atoms with van der Waals surface area (Å²) in [4.78, 5) is 3.98. The van der Waals surface area contributed by atoms with Crippen molar-refractivity contribution in [1.29, 1.82) is 0 Å². The first-order valence-electron chi connectivity index (χ1n) is 3.96. The quantitative estimate of drug-likeness (QED) is 0.883. The molecule has 0 aliphatic carbocycles. The molecule has 0 saturated carbocycles. The van der Waals surface area contributed by atoms with Gasteiger partial charge in [0.05, 0.1) is 6.54 Å². The lowest BCUT2D eigenvalue weighted by atomic mass is 10.2. The number of aromatic nitrogens is 2. The minimum atomic E-state index is 0. The fourth-order valence-electron chi connectivity index (χ4n) is 1.06. The first-order valence-corrected chi connectivity index (χ1v) is 3.96. The maximum atomic E-state index is 5.39. The van der Waals surface area contributed by atoms with E-state index < -0.39 is 0 Å². The zero-order chi connectivity index (χ0) is 9.10. The van der Waals surface area contributed by atoms with Crippen molar-refractivity contribution < 1.29 is 4.52 Å². The Morgan fingerprint density at radius 1 is 1.33 bits per heavy atom. The van der Waals surface area contributed by atoms with Crippen LogP contribution in [0.25, 0.3) is 11.3 Å². The van der Waals surface area contributed by atoms with E-state index in [1.807, 2.05) is 18.2 Å². The van der Waals surface area contributed by atoms with Gasteiger partial charge in [0.1, 0.15) is 5.69 Å². The third-order valence-electron chi connectivity index (χ3n) is 1.72. The Labute approximate surface area is 99.7 Å². The van der Waals surface area contributed by atoms with Gasteiger partial charge in [-0.15, -0.1) is 24.8 Å². The summed E-state index contributed by atoms with van der Waals surface area (Å²) in [6, 6.07) is 5.59. The van der Waals surface area contributed by atoms with E-state index >= 15 is 0 Å². The minimum absolute atomic E-state index is 0. The molecule has 0 amide bonds. The van der Waals surface area contributed by atoms with Crippen LogP contribution in [0.15, 0.2) is 35.1 Å². The molecule has 15 heavy (non-hydrogen) atoms. The van der Waals surface area contributed by atoms with Crippen LogP contribution in [0.3, 0.4) is 0 Å². The molecule has 0 fully saturated rings. The molecular formula is C9H11Cl2N3O. The summed E-state index contributed by atoms with van der Waals surface area (Å²) in [6.07, 6.45) is 3.45. The van der Waals surface area contributed by atoms with E-state index in [1.54, 1.807) is 12.4 Å². The van der Waals surface area contributed by atoms with Crippen molar-refractivity contribution in [2.45, 2.75) is 6.54 Å². The zero-order valence-corrected chi connectivity index (χ0v) is 9.42. The Balaban J connectivity index is 0.000000980. The summed E-state index contributed by atoms with van der Waals surface area (Å²) in [5.74, 6) is 0.679. The van der Waals surface area contributed by atoms with Crippen LogP contribution >= 0.6 is 24.8 Å². The molecule has 0 atom stereocenters. The highest BCUT2D eigenvalue weighted by atomic mass is 35.5. The number of halogens is 2. The van der Waals surface area contributed by atoms with E-state index in [0.29, 0.717) is 12.3 Å². The molecule has 0 aliphatic heterocycles. The maximum Gasteiger partial charge on any atom is 0.150 e. The van der Waals surface area contributed by atoms with Crippen molar-refractivity contribution in [3.05, 3.63) is 36.4 Å². The van der Waals surface area contributed by atoms with Gasteiger partial charge >= 0.3 is 0 Å². The van der Waals surface area contributed by atoms with Crippen LogP contribution in [0.1, 0.15) is 5.76 Å². The first kappa shape index (κ1) is 13.9. The average Bonchev–Trinajstić information content (AvgIpc) is 2.67. The number of nitrogens with zero attached hydrogens (tertiary/aromatic N) is 2. The molecule has 2 rings (SSSR count). The van der Waals surface area contributed by atoms with Gasteiger partial charge in [0.15, 0.2) is 5.76 Å². The van der Waals surface area contributed by atoms with Gasteiger partial charge < -0.3 is 10.3 Å². The van der Waals surface area contributed by atoms with Gasteiger partial charge in [0.2, 0.25) is 0 Å². The summed E-state index contributed by atoms with van der Waals surface area (Å²) < 4.78 is 4.97. The Kier molecular flexibility index (Phi) is 5.93. The smallest absolute Gasteiger partial charge is 0.150 e. The van der Waals surface area contributed by atoms with Crippen LogP contribution in [0.2, 0.25) is 0 Å². The van der Waals surface area contributed by atoms with E-state index in [9.17, 15) is 0 Å². The first-order chi connectivity index (χ1) is 6.40. The van der Waals surface area contributed by atoms with Crippen molar-refractivity contribution in [2.75, 3.05) is 0 Å². The summed E-state index contributed by atoms with van der Waals surface area (Å²) >= 11 is 0. The molecule has 0 radical (unpaired) electrons. The van der Waals surface area contributed by atoms with E-state index in [2.05, 4.69) is 10.1 Å². The number of hydrogen-bond acceptors (Lipinski definition) is 4. The fraction of sp³-hybridized carbons (Fsp3) is 0.111. The molecule has 2 N–H and O–H groups in total. The third-order valence-corrected chi connectivity index (χ3v) is 1.72. The molecule has 0 spiro atoms. The van der Waals surface area contributed by atoms with E-state index in [4.69, 9.17) is 10.3 Å². The van der Waals surface area contributed by atoms with Crippen molar-refractivity contribution in [1.82, 2.24) is 10.1 Å². The van der Waals surface area contributed by atoms with Crippen molar-refractivity contribution >= 4 is 24.8 Å². The number of hydrogen-bond donors (Lipinski definition) is 1. The van der Waals surface area contributed by atoms with E-state index in [-0.39, 0.29) is 24.8 Å². The van der Waals surface area contributed by atoms with Crippen LogP contribution in [-0.2, 0) is 6.54 Å². The lowest BCUT2D eigenvalue weighted by molar-refractivity contribution is 0.387. The summed E-state index contributed by atoms with van der Waals surface area (Å²) in [5.41, 5.74) is 7.10. The van der Waals surface area contributed by atoms with E-state index in [1.165, 1.54) is 0 Å². The Hall–Kier alpha value is -1.10. The monoisotopic (exact) mass is 247 g/mol. The van der Waals surface area contributed by atoms with Crippen LogP contribution in [0, 0.1) is 0 Å². The average molecular weight is 248 g/mol. The van der Waals surface area contributed by atoms with Gasteiger partial charge in [-0.1, -0.05) is 5.16 Å². The molecule has 2 aromatic rings. The minimum Gasteiger partial charge on any atom is -0.359 e. The van der Waals surface area contributed by atoms with Crippen molar-refractivity contribution in [3.8, 4) is 11.3 Å². The van der Waals surface area contributed by atoms with Gasteiger partial charge in [0.25, 0.3) is 0 Å². The van der Waals surface area contributed by atoms with E-state index in [0.717, 1.165) is 11.3 Å². The molecule has 0 aromatic carbocycles. The predicted octanol–water partition coefficient (Wildman–Crippen LogP) is 2.04. The lowest BCUT2D eigenvalue weighted by Gasteiger charge is -1.90. The second-order valence-electron chi connectivity index (χ2n) is 2.62. The SMILES string of the molecule is Cl.Cl.NCc1cc(-c2cccnc2)no1. The summed E-state index contributed by atoms with van der Waals surface area (Å²) in [6.45, 7) is 0.368. The van der Waals surface area contributed by atoms with Crippen LogP contribution in [0.5, 0.6) is 0 Å². The molecule has 2 aromatic heterocycles. The number of nitrogens with two attached hydrogens (primary N) is 1. The molecule has 0 unspecified atom stereocenters. The molecular weight excluding hydrogens is 237 g/mol. The molecule has 2 heterocycles. The largest absolute Gasteiger partial charge is 0.359 e. The second kappa shape index (κ2) is 6.40. The molecule has 6 heteroatoms. The van der Waals surface area contributed by atoms with Gasteiger partial charge in [-0.05, 0) is 12.1 Å². The molecule has 82 valence electrons. The standard InChI is InChI=1S/C9H9N3O.2ClH/c10-5-8-4-9(12-13-8)7-2-1-3-11-6-7;;/h1-4,6H,5,10H2;2*1H. The van der Waals surface area contributed by atoms with Gasteiger partial charge in [0, 0.05) is 24.0 Å². The Bertz CT molecular complexity index is 391. The zero-order valence-electron chi connectivity index (χ0n) is 7.79. The Morgan fingerprint density at radius 3 is 2.67 bits per heavy atom. The van der Waals surface area contributed by atoms with Gasteiger partial charge in [-0.3, -0.25) is 4.98 Å². The lowest BCUT2D eigenvalue weighted by Crippen LogP contribution is -1.92. The summed E-state index contributed by atoms with van der Waals surface area (Å²) in [7, 11) is 0. The summed E-state index contributed by atoms with van der Waals surface area (Å²) in [5, 5.41) is 3.86. The number of rotatable bonds is 2. The van der Waals surface area contributed by atoms with Crippen LogP contribution in [0.4, 0.5) is 0 Å². The topological polar surface area (TPSA) is 64.9 Å². The highest BCUT2D eigenvalue weighted by Gasteiger charge is 2.03. The van der Waals surface area contributed by atoms with Gasteiger partial charge in [-0.2, -0.15) is 0 Å². The van der Waals surface area contributed by atoms with Gasteiger partial charge in [-0.25, -0.2) is 0 Å². The highest BCUT2D eigenvalue weighted by Crippen LogP contribution is 2.16. The van der Waals surface area contributed by atoms with Crippen LogP contribution < -0.4 is 5.73 Å². The highest BCUT2D eigenvalue weighted by molar-refractivity contribution is 5.85. The molecule has 0 saturated heterocycles.